The Labute approximate surface area is 161 Å². The first-order chi connectivity index (χ1) is 12.2. The number of aliphatic hydroxyl groups is 1. The lowest BCUT2D eigenvalue weighted by Crippen LogP contribution is -2.70. The Morgan fingerprint density at radius 3 is 2.33 bits per heavy atom. The topological polar surface area (TPSA) is 113 Å². The third-order valence-corrected chi connectivity index (χ3v) is 9.96. The molecule has 154 valence electrons. The molecular formula is C18H31NO7Si. The molecule has 0 bridgehead atoms. The highest BCUT2D eigenvalue weighted by Gasteiger charge is 2.55. The Kier molecular flexibility index (Phi) is 7.37. The summed E-state index contributed by atoms with van der Waals surface area (Å²) in [6, 6.07) is -0.752. The molecule has 0 spiro atoms. The largest absolute Gasteiger partial charge is 0.504 e. The number of carboxylic acids is 1. The number of β-lactam (4-membered cyclic amide) rings is 1. The number of likely N-dealkylation sites (tertiary alicyclic amines) is 1. The van der Waals surface area contributed by atoms with Gasteiger partial charge in [0.25, 0.3) is 0 Å². The molecule has 0 saturated carbocycles. The SMILES string of the molecule is COC=CC(=O)C[C@@H]1[C@@H]([C@@H](C)O[Si](C)(C)C(C)(C)C)C(=O)N1C(O)C(=O)O. The predicted molar refractivity (Wildman–Crippen MR) is 101 cm³/mol. The zero-order chi connectivity index (χ0) is 21.2. The van der Waals surface area contributed by atoms with Crippen molar-refractivity contribution in [3.63, 3.8) is 0 Å². The Morgan fingerprint density at radius 2 is 1.89 bits per heavy atom. The molecule has 4 atom stereocenters. The highest BCUT2D eigenvalue weighted by atomic mass is 28.4. The van der Waals surface area contributed by atoms with Gasteiger partial charge in [-0.1, -0.05) is 20.8 Å². The number of ether oxygens (including phenoxy) is 1. The maximum Gasteiger partial charge on any atom is 0.354 e. The number of rotatable bonds is 9. The van der Waals surface area contributed by atoms with Crippen molar-refractivity contribution < 1.29 is 33.8 Å². The molecule has 9 heteroatoms. The van der Waals surface area contributed by atoms with Crippen LogP contribution < -0.4 is 0 Å². The maximum atomic E-state index is 12.6. The van der Waals surface area contributed by atoms with Gasteiger partial charge in [0, 0.05) is 12.5 Å². The fourth-order valence-corrected chi connectivity index (χ4v) is 4.31. The number of methoxy groups -OCH3 is 1. The lowest BCUT2D eigenvalue weighted by molar-refractivity contribution is -0.194. The number of hydrogen-bond acceptors (Lipinski definition) is 6. The van der Waals surface area contributed by atoms with Gasteiger partial charge < -0.3 is 24.3 Å². The summed E-state index contributed by atoms with van der Waals surface area (Å²) in [6.07, 6.45) is -0.181. The Balaban J connectivity index is 3.04. The van der Waals surface area contributed by atoms with Crippen molar-refractivity contribution in [2.24, 2.45) is 5.92 Å². The Morgan fingerprint density at radius 1 is 1.33 bits per heavy atom. The van der Waals surface area contributed by atoms with Gasteiger partial charge in [0.1, 0.15) is 0 Å². The van der Waals surface area contributed by atoms with Gasteiger partial charge >= 0.3 is 5.97 Å². The van der Waals surface area contributed by atoms with Gasteiger partial charge in [-0.15, -0.1) is 0 Å². The van der Waals surface area contributed by atoms with E-state index in [1.807, 2.05) is 0 Å². The molecule has 0 radical (unpaired) electrons. The quantitative estimate of drug-likeness (QED) is 0.262. The van der Waals surface area contributed by atoms with Crippen LogP contribution in [0.4, 0.5) is 0 Å². The first-order valence-corrected chi connectivity index (χ1v) is 11.8. The van der Waals surface area contributed by atoms with Gasteiger partial charge in [-0.25, -0.2) is 4.79 Å². The molecule has 0 aliphatic carbocycles. The van der Waals surface area contributed by atoms with Crippen LogP contribution in [0.15, 0.2) is 12.3 Å². The van der Waals surface area contributed by atoms with Gasteiger partial charge in [0.15, 0.2) is 14.1 Å². The summed E-state index contributed by atoms with van der Waals surface area (Å²) in [6.45, 7) is 12.1. The van der Waals surface area contributed by atoms with Crippen molar-refractivity contribution in [3.05, 3.63) is 12.3 Å². The third-order valence-electron chi connectivity index (χ3n) is 5.39. The second-order valence-corrected chi connectivity index (χ2v) is 13.1. The Bertz CT molecular complexity index is 611. The van der Waals surface area contributed by atoms with E-state index in [-0.39, 0.29) is 17.2 Å². The van der Waals surface area contributed by atoms with Crippen LogP contribution in [0.2, 0.25) is 18.1 Å². The van der Waals surface area contributed by atoms with E-state index in [1.54, 1.807) is 6.92 Å². The summed E-state index contributed by atoms with van der Waals surface area (Å²) < 4.78 is 11.0. The first-order valence-electron chi connectivity index (χ1n) is 8.87. The summed E-state index contributed by atoms with van der Waals surface area (Å²) in [7, 11) is -0.775. The normalized spacial score (nSPS) is 23.1. The molecule has 8 nitrogen and oxygen atoms in total. The van der Waals surface area contributed by atoms with E-state index >= 15 is 0 Å². The molecular weight excluding hydrogens is 370 g/mol. The van der Waals surface area contributed by atoms with Crippen LogP contribution in [0.1, 0.15) is 34.1 Å². The monoisotopic (exact) mass is 401 g/mol. The summed E-state index contributed by atoms with van der Waals surface area (Å²) in [4.78, 5) is 36.6. The molecule has 1 unspecified atom stereocenters. The molecule has 1 saturated heterocycles. The highest BCUT2D eigenvalue weighted by Crippen LogP contribution is 2.41. The van der Waals surface area contributed by atoms with Crippen molar-refractivity contribution >= 4 is 26.0 Å². The standard InChI is InChI=1S/C18H31NO7Si/c1-11(26-27(6,7)18(2,3)4)14-13(10-12(20)8-9-25-5)19(15(14)21)16(22)17(23)24/h8-9,11,13-14,16,22H,10H2,1-7H3,(H,23,24)/t11-,13-,14-,16?/m1/s1. The highest BCUT2D eigenvalue weighted by molar-refractivity contribution is 6.74. The van der Waals surface area contributed by atoms with Crippen molar-refractivity contribution in [1.82, 2.24) is 4.90 Å². The number of carboxylic acid groups (broad SMARTS) is 1. The van der Waals surface area contributed by atoms with Gasteiger partial charge in [-0.05, 0) is 25.1 Å². The average molecular weight is 402 g/mol. The first kappa shape index (κ1) is 23.3. The van der Waals surface area contributed by atoms with E-state index in [2.05, 4.69) is 33.9 Å². The molecule has 1 aliphatic heterocycles. The predicted octanol–water partition coefficient (Wildman–Crippen LogP) is 1.75. The molecule has 1 fully saturated rings. The van der Waals surface area contributed by atoms with E-state index in [1.165, 1.54) is 19.4 Å². The lowest BCUT2D eigenvalue weighted by Gasteiger charge is -2.51. The van der Waals surface area contributed by atoms with Crippen molar-refractivity contribution in [2.75, 3.05) is 7.11 Å². The van der Waals surface area contributed by atoms with E-state index < -0.39 is 44.5 Å². The van der Waals surface area contributed by atoms with Gasteiger partial charge in [0.2, 0.25) is 12.1 Å². The van der Waals surface area contributed by atoms with Crippen LogP contribution in [0.3, 0.4) is 0 Å². The zero-order valence-electron chi connectivity index (χ0n) is 17.1. The second-order valence-electron chi connectivity index (χ2n) is 8.34. The van der Waals surface area contributed by atoms with Crippen LogP contribution in [0, 0.1) is 5.92 Å². The minimum atomic E-state index is -2.17. The minimum Gasteiger partial charge on any atom is -0.504 e. The van der Waals surface area contributed by atoms with Gasteiger partial charge in [-0.3, -0.25) is 9.59 Å². The van der Waals surface area contributed by atoms with E-state index in [4.69, 9.17) is 14.3 Å². The molecule has 1 rings (SSSR count). The number of carbonyl (C=O) groups is 3. The Hall–Kier alpha value is -1.71. The minimum absolute atomic E-state index is 0.0686. The third kappa shape index (κ3) is 5.17. The average Bonchev–Trinajstić information content (AvgIpc) is 2.50. The van der Waals surface area contributed by atoms with Gasteiger partial charge in [0.05, 0.1) is 31.4 Å². The van der Waals surface area contributed by atoms with Crippen molar-refractivity contribution in [1.29, 1.82) is 0 Å². The van der Waals surface area contributed by atoms with E-state index in [0.29, 0.717) is 0 Å². The number of amides is 1. The van der Waals surface area contributed by atoms with Crippen LogP contribution >= 0.6 is 0 Å². The lowest BCUT2D eigenvalue weighted by atomic mass is 9.80. The van der Waals surface area contributed by atoms with Crippen LogP contribution in [-0.2, 0) is 23.5 Å². The molecule has 1 amide bonds. The molecule has 27 heavy (non-hydrogen) atoms. The van der Waals surface area contributed by atoms with E-state index in [0.717, 1.165) is 4.90 Å². The van der Waals surface area contributed by atoms with Crippen LogP contribution in [0.5, 0.6) is 0 Å². The fraction of sp³-hybridized carbons (Fsp3) is 0.722. The molecule has 0 aromatic carbocycles. The number of ketones is 1. The number of aliphatic hydroxyl groups excluding tert-OH is 1. The summed E-state index contributed by atoms with van der Waals surface area (Å²) >= 11 is 0. The number of hydrogen-bond donors (Lipinski definition) is 2. The summed E-state index contributed by atoms with van der Waals surface area (Å²) in [5.74, 6) is -3.08. The maximum absolute atomic E-state index is 12.6. The smallest absolute Gasteiger partial charge is 0.354 e. The number of aliphatic carboxylic acids is 1. The van der Waals surface area contributed by atoms with Crippen molar-refractivity contribution in [2.45, 2.75) is 70.6 Å². The second kappa shape index (κ2) is 8.53. The fourth-order valence-electron chi connectivity index (χ4n) is 2.88. The molecule has 2 N–H and O–H groups in total. The summed E-state index contributed by atoms with van der Waals surface area (Å²) in [5.41, 5.74) is 0. The molecule has 0 aromatic rings. The molecule has 1 aliphatic rings. The summed E-state index contributed by atoms with van der Waals surface area (Å²) in [5, 5.41) is 18.8. The van der Waals surface area contributed by atoms with Crippen molar-refractivity contribution in [3.8, 4) is 0 Å². The number of nitrogens with zero attached hydrogens (tertiary/aromatic N) is 1. The number of carbonyl (C=O) groups excluding carboxylic acids is 2. The van der Waals surface area contributed by atoms with Gasteiger partial charge in [-0.2, -0.15) is 0 Å². The van der Waals surface area contributed by atoms with Crippen LogP contribution in [0.25, 0.3) is 0 Å². The molecule has 1 heterocycles. The zero-order valence-corrected chi connectivity index (χ0v) is 18.1. The molecule has 0 aromatic heterocycles. The van der Waals surface area contributed by atoms with E-state index in [9.17, 15) is 19.5 Å². The number of allylic oxidation sites excluding steroid dienone is 1. The van der Waals surface area contributed by atoms with Crippen LogP contribution in [-0.4, -0.2) is 66.6 Å².